The number of halogens is 2. The molecule has 3 heterocycles. The first-order valence-electron chi connectivity index (χ1n) is 7.91. The van der Waals surface area contributed by atoms with Crippen LogP contribution in [0.5, 0.6) is 11.5 Å². The fourth-order valence-corrected chi connectivity index (χ4v) is 3.20. The van der Waals surface area contributed by atoms with Gasteiger partial charge in [0.15, 0.2) is 11.5 Å². The molecule has 2 N–H and O–H groups in total. The van der Waals surface area contributed by atoms with Crippen LogP contribution in [0.1, 0.15) is 12.8 Å². The summed E-state index contributed by atoms with van der Waals surface area (Å²) in [7, 11) is 0. The first kappa shape index (κ1) is 15.8. The fourth-order valence-electron chi connectivity index (χ4n) is 3.20. The Hall–Kier alpha value is -2.68. The summed E-state index contributed by atoms with van der Waals surface area (Å²) >= 11 is 0. The van der Waals surface area contributed by atoms with E-state index in [1.807, 2.05) is 0 Å². The highest BCUT2D eigenvalue weighted by Gasteiger charge is 2.44. The lowest BCUT2D eigenvalue weighted by atomic mass is 9.87. The third kappa shape index (κ3) is 2.80. The van der Waals surface area contributed by atoms with Gasteiger partial charge in [-0.15, -0.1) is 8.78 Å². The summed E-state index contributed by atoms with van der Waals surface area (Å²) in [6.07, 6.45) is 0.841. The largest absolute Gasteiger partial charge is 0.586 e. The number of benzene rings is 1. The number of fused-ring (bicyclic) bond motifs is 1. The third-order valence-electron chi connectivity index (χ3n) is 4.46. The Morgan fingerprint density at radius 3 is 2.72 bits per heavy atom. The molecule has 4 rings (SSSR count). The van der Waals surface area contributed by atoms with Crippen LogP contribution in [0.4, 0.5) is 14.5 Å². The number of ether oxygens (including phenoxy) is 2. The lowest BCUT2D eigenvalue weighted by molar-refractivity contribution is -0.286. The highest BCUT2D eigenvalue weighted by atomic mass is 19.3. The molecule has 0 aliphatic carbocycles. The van der Waals surface area contributed by atoms with Crippen LogP contribution < -0.4 is 20.1 Å². The van der Waals surface area contributed by atoms with Crippen LogP contribution in [0.3, 0.4) is 0 Å². The van der Waals surface area contributed by atoms with Crippen molar-refractivity contribution in [3.05, 3.63) is 36.7 Å². The summed E-state index contributed by atoms with van der Waals surface area (Å²) < 4.78 is 36.7. The Morgan fingerprint density at radius 1 is 1.24 bits per heavy atom. The molecule has 1 amide bonds. The minimum Gasteiger partial charge on any atom is -0.395 e. The van der Waals surface area contributed by atoms with Gasteiger partial charge < -0.3 is 20.1 Å². The second kappa shape index (κ2) is 5.69. The van der Waals surface area contributed by atoms with Gasteiger partial charge >= 0.3 is 6.29 Å². The number of hydrogen-bond donors (Lipinski definition) is 2. The van der Waals surface area contributed by atoms with Crippen LogP contribution >= 0.6 is 0 Å². The SMILES string of the molecule is O=C(Nc1ccc2c(c1)OC(F)(F)O2)C1(n2cccn2)CCNCC1. The monoisotopic (exact) mass is 350 g/mol. The molecule has 0 bridgehead atoms. The van der Waals surface area contributed by atoms with E-state index in [2.05, 4.69) is 25.2 Å². The van der Waals surface area contributed by atoms with E-state index in [4.69, 9.17) is 0 Å². The quantitative estimate of drug-likeness (QED) is 0.884. The van der Waals surface area contributed by atoms with E-state index >= 15 is 0 Å². The Kier molecular flexibility index (Phi) is 3.60. The molecule has 2 aliphatic heterocycles. The molecule has 7 nitrogen and oxygen atoms in total. The summed E-state index contributed by atoms with van der Waals surface area (Å²) in [5.74, 6) is -0.420. The predicted molar refractivity (Wildman–Crippen MR) is 83.6 cm³/mol. The van der Waals surface area contributed by atoms with Crippen LogP contribution in [0.15, 0.2) is 36.7 Å². The van der Waals surface area contributed by atoms with Crippen molar-refractivity contribution in [3.8, 4) is 11.5 Å². The molecule has 2 aromatic rings. The van der Waals surface area contributed by atoms with Gasteiger partial charge in [-0.3, -0.25) is 9.48 Å². The average molecular weight is 350 g/mol. The maximum atomic E-state index is 13.1. The molecule has 1 aromatic carbocycles. The fraction of sp³-hybridized carbons (Fsp3) is 0.375. The van der Waals surface area contributed by atoms with E-state index in [9.17, 15) is 13.6 Å². The van der Waals surface area contributed by atoms with Gasteiger partial charge in [-0.1, -0.05) is 0 Å². The second-order valence-corrected chi connectivity index (χ2v) is 6.02. The molecular formula is C16H16F2N4O3. The Labute approximate surface area is 141 Å². The number of piperidine rings is 1. The van der Waals surface area contributed by atoms with Gasteiger partial charge in [-0.05, 0) is 44.1 Å². The number of carbonyl (C=O) groups is 1. The topological polar surface area (TPSA) is 77.4 Å². The molecule has 1 fully saturated rings. The van der Waals surface area contributed by atoms with Gasteiger partial charge in [0.1, 0.15) is 5.54 Å². The maximum Gasteiger partial charge on any atom is 0.586 e. The molecule has 0 saturated carbocycles. The Balaban J connectivity index is 1.59. The van der Waals surface area contributed by atoms with Gasteiger partial charge in [0, 0.05) is 24.1 Å². The van der Waals surface area contributed by atoms with Crippen LogP contribution in [-0.2, 0) is 10.3 Å². The molecule has 0 radical (unpaired) electrons. The molecule has 132 valence electrons. The lowest BCUT2D eigenvalue weighted by Gasteiger charge is -2.36. The number of carbonyl (C=O) groups excluding carboxylic acids is 1. The van der Waals surface area contributed by atoms with Crippen molar-refractivity contribution in [2.75, 3.05) is 18.4 Å². The average Bonchev–Trinajstić information content (AvgIpc) is 3.21. The van der Waals surface area contributed by atoms with E-state index in [0.29, 0.717) is 31.6 Å². The molecule has 2 aliphatic rings. The number of alkyl halides is 2. The molecule has 0 atom stereocenters. The van der Waals surface area contributed by atoms with Crippen molar-refractivity contribution in [2.45, 2.75) is 24.7 Å². The summed E-state index contributed by atoms with van der Waals surface area (Å²) in [5, 5.41) is 10.2. The summed E-state index contributed by atoms with van der Waals surface area (Å²) in [6.45, 7) is 1.36. The smallest absolute Gasteiger partial charge is 0.395 e. The van der Waals surface area contributed by atoms with E-state index in [1.54, 1.807) is 23.1 Å². The van der Waals surface area contributed by atoms with Crippen LogP contribution in [0.25, 0.3) is 0 Å². The maximum absolute atomic E-state index is 13.1. The number of amides is 1. The molecular weight excluding hydrogens is 334 g/mol. The number of hydrogen-bond acceptors (Lipinski definition) is 5. The first-order chi connectivity index (χ1) is 12.0. The van der Waals surface area contributed by atoms with Gasteiger partial charge in [0.2, 0.25) is 0 Å². The Bertz CT molecular complexity index is 789. The number of nitrogens with zero attached hydrogens (tertiary/aromatic N) is 2. The van der Waals surface area contributed by atoms with E-state index in [1.165, 1.54) is 18.2 Å². The molecule has 0 unspecified atom stereocenters. The molecule has 1 saturated heterocycles. The van der Waals surface area contributed by atoms with Gasteiger partial charge in [-0.2, -0.15) is 5.10 Å². The molecule has 0 spiro atoms. The van der Waals surface area contributed by atoms with E-state index < -0.39 is 11.8 Å². The summed E-state index contributed by atoms with van der Waals surface area (Å²) in [6, 6.07) is 5.93. The lowest BCUT2D eigenvalue weighted by Crippen LogP contribution is -2.52. The molecule has 9 heteroatoms. The molecule has 25 heavy (non-hydrogen) atoms. The minimum absolute atomic E-state index is 0.0633. The second-order valence-electron chi connectivity index (χ2n) is 6.02. The number of aromatic nitrogens is 2. The normalized spacial score (nSPS) is 20.2. The highest BCUT2D eigenvalue weighted by molar-refractivity contribution is 5.97. The van der Waals surface area contributed by atoms with Crippen molar-refractivity contribution in [1.82, 2.24) is 15.1 Å². The van der Waals surface area contributed by atoms with Crippen LogP contribution in [0.2, 0.25) is 0 Å². The van der Waals surface area contributed by atoms with Gasteiger partial charge in [0.05, 0.1) is 0 Å². The number of rotatable bonds is 3. The zero-order chi connectivity index (χ0) is 17.5. The van der Waals surface area contributed by atoms with Crippen LogP contribution in [0, 0.1) is 0 Å². The first-order valence-corrected chi connectivity index (χ1v) is 7.91. The van der Waals surface area contributed by atoms with Crippen LogP contribution in [-0.4, -0.2) is 35.1 Å². The zero-order valence-corrected chi connectivity index (χ0v) is 13.2. The summed E-state index contributed by atoms with van der Waals surface area (Å²) in [4.78, 5) is 13.0. The van der Waals surface area contributed by atoms with Gasteiger partial charge in [0.25, 0.3) is 5.91 Å². The number of anilines is 1. The summed E-state index contributed by atoms with van der Waals surface area (Å²) in [5.41, 5.74) is -0.468. The van der Waals surface area contributed by atoms with Crippen molar-refractivity contribution in [1.29, 1.82) is 0 Å². The minimum atomic E-state index is -3.68. The number of nitrogens with one attached hydrogen (secondary N) is 2. The standard InChI is InChI=1S/C16H16F2N4O3/c17-16(18)24-12-3-2-11(10-13(12)25-16)21-14(23)15(4-7-19-8-5-15)22-9-1-6-20-22/h1-3,6,9-10,19H,4-5,7-8H2,(H,21,23). The van der Waals surface area contributed by atoms with Gasteiger partial charge in [-0.25, -0.2) is 0 Å². The van der Waals surface area contributed by atoms with Crippen molar-refractivity contribution < 1.29 is 23.0 Å². The zero-order valence-electron chi connectivity index (χ0n) is 13.2. The predicted octanol–water partition coefficient (Wildman–Crippen LogP) is 1.92. The van der Waals surface area contributed by atoms with E-state index in [-0.39, 0.29) is 17.4 Å². The molecule has 1 aromatic heterocycles. The van der Waals surface area contributed by atoms with Crippen molar-refractivity contribution >= 4 is 11.6 Å². The van der Waals surface area contributed by atoms with Crippen molar-refractivity contribution in [3.63, 3.8) is 0 Å². The third-order valence-corrected chi connectivity index (χ3v) is 4.46. The van der Waals surface area contributed by atoms with E-state index in [0.717, 1.165) is 0 Å². The van der Waals surface area contributed by atoms with Crippen molar-refractivity contribution in [2.24, 2.45) is 0 Å². The highest BCUT2D eigenvalue weighted by Crippen LogP contribution is 2.42. The Morgan fingerprint density at radius 2 is 2.00 bits per heavy atom.